The molecule has 0 saturated heterocycles. The molecule has 0 aliphatic heterocycles. The van der Waals surface area contributed by atoms with Gasteiger partial charge in [-0.3, -0.25) is 0 Å². The molecule has 0 aliphatic rings. The number of hydrogen-bond donors (Lipinski definition) is 0. The molecule has 0 heterocycles. The van der Waals surface area contributed by atoms with E-state index in [1.807, 2.05) is 0 Å². The van der Waals surface area contributed by atoms with Crippen molar-refractivity contribution in [2.45, 2.75) is 0 Å². The first-order valence-electron chi connectivity index (χ1n) is 12.7. The molecule has 8 aromatic carbocycles. The highest BCUT2D eigenvalue weighted by atomic mass is 79.9. The van der Waals surface area contributed by atoms with Crippen LogP contribution in [-0.2, 0) is 0 Å². The van der Waals surface area contributed by atoms with E-state index in [9.17, 15) is 0 Å². The lowest BCUT2D eigenvalue weighted by molar-refractivity contribution is 1.66. The molecule has 178 valence electrons. The van der Waals surface area contributed by atoms with E-state index in [4.69, 9.17) is 0 Å². The van der Waals surface area contributed by atoms with Crippen molar-refractivity contribution in [2.75, 3.05) is 0 Å². The zero-order valence-electron chi connectivity index (χ0n) is 20.3. The van der Waals surface area contributed by atoms with Gasteiger partial charge in [0, 0.05) is 8.95 Å². The lowest BCUT2D eigenvalue weighted by Gasteiger charge is -2.19. The van der Waals surface area contributed by atoms with Crippen LogP contribution in [0.2, 0.25) is 0 Å². The second kappa shape index (κ2) is 8.39. The summed E-state index contributed by atoms with van der Waals surface area (Å²) in [5, 5.41) is 12.7. The number of hydrogen-bond acceptors (Lipinski definition) is 0. The van der Waals surface area contributed by atoms with Crippen molar-refractivity contribution in [2.24, 2.45) is 0 Å². The lowest BCUT2D eigenvalue weighted by Crippen LogP contribution is -1.91. The summed E-state index contributed by atoms with van der Waals surface area (Å²) in [4.78, 5) is 0. The highest BCUT2D eigenvalue weighted by Crippen LogP contribution is 2.47. The van der Waals surface area contributed by atoms with Crippen LogP contribution in [0.25, 0.3) is 76.1 Å². The topological polar surface area (TPSA) is 0 Å². The van der Waals surface area contributed by atoms with E-state index in [2.05, 4.69) is 153 Å². The predicted octanol–water partition coefficient (Wildman–Crippen LogP) is 11.7. The third-order valence-corrected chi connectivity index (χ3v) is 9.23. The quantitative estimate of drug-likeness (QED) is 0.171. The molecule has 0 amide bonds. The van der Waals surface area contributed by atoms with E-state index < -0.39 is 0 Å². The van der Waals surface area contributed by atoms with Gasteiger partial charge in [0.2, 0.25) is 0 Å². The zero-order chi connectivity index (χ0) is 25.4. The minimum Gasteiger partial charge on any atom is -0.0616 e. The molecule has 0 atom stereocenters. The summed E-state index contributed by atoms with van der Waals surface area (Å²) in [5.74, 6) is 0. The summed E-state index contributed by atoms with van der Waals surface area (Å²) >= 11 is 7.87. The van der Waals surface area contributed by atoms with Gasteiger partial charge in [-0.2, -0.15) is 0 Å². The minimum atomic E-state index is 1.12. The normalized spacial score (nSPS) is 11.9. The standard InChI is InChI=1S/C36H20Br2/c37-33-19-31(25-11-9-21-5-1-3-7-23(21)17-25)27-13-15-30-34(38)20-32(28-14-16-29(33)35(27)36(28)30)26-12-10-22-6-2-4-8-24(22)18-26/h1-20H. The maximum absolute atomic E-state index is 3.94. The van der Waals surface area contributed by atoms with Crippen molar-refractivity contribution in [1.29, 1.82) is 0 Å². The summed E-state index contributed by atoms with van der Waals surface area (Å²) in [6, 6.07) is 44.4. The third kappa shape index (κ3) is 3.27. The van der Waals surface area contributed by atoms with E-state index in [0.717, 1.165) is 8.95 Å². The molecule has 38 heavy (non-hydrogen) atoms. The largest absolute Gasteiger partial charge is 0.0616 e. The van der Waals surface area contributed by atoms with Gasteiger partial charge >= 0.3 is 0 Å². The van der Waals surface area contributed by atoms with Gasteiger partial charge in [0.25, 0.3) is 0 Å². The molecular formula is C36H20Br2. The summed E-state index contributed by atoms with van der Waals surface area (Å²) in [6.45, 7) is 0. The second-order valence-electron chi connectivity index (χ2n) is 10.0. The van der Waals surface area contributed by atoms with Crippen LogP contribution < -0.4 is 0 Å². The van der Waals surface area contributed by atoms with E-state index >= 15 is 0 Å². The summed E-state index contributed by atoms with van der Waals surface area (Å²) in [6.07, 6.45) is 0. The zero-order valence-corrected chi connectivity index (χ0v) is 23.5. The number of benzene rings is 8. The first kappa shape index (κ1) is 22.3. The lowest BCUT2D eigenvalue weighted by atomic mass is 9.86. The van der Waals surface area contributed by atoms with E-state index in [0.29, 0.717) is 0 Å². The molecule has 0 bridgehead atoms. The molecule has 0 saturated carbocycles. The maximum Gasteiger partial charge on any atom is 0.0260 e. The third-order valence-electron chi connectivity index (χ3n) is 7.92. The van der Waals surface area contributed by atoms with Gasteiger partial charge in [-0.15, -0.1) is 0 Å². The summed E-state index contributed by atoms with van der Waals surface area (Å²) < 4.78 is 2.24. The Morgan fingerprint density at radius 1 is 0.342 bits per heavy atom. The average molecular weight is 612 g/mol. The van der Waals surface area contributed by atoms with Crippen molar-refractivity contribution in [1.82, 2.24) is 0 Å². The molecule has 0 nitrogen and oxygen atoms in total. The van der Waals surface area contributed by atoms with Gasteiger partial charge in [-0.05, 0) is 100 Å². The minimum absolute atomic E-state index is 1.12. The highest BCUT2D eigenvalue weighted by Gasteiger charge is 2.18. The second-order valence-corrected chi connectivity index (χ2v) is 11.7. The van der Waals surface area contributed by atoms with Crippen LogP contribution in [0.1, 0.15) is 0 Å². The van der Waals surface area contributed by atoms with Crippen LogP contribution in [0.15, 0.2) is 130 Å². The summed E-state index contributed by atoms with van der Waals surface area (Å²) in [5.41, 5.74) is 4.96. The Morgan fingerprint density at radius 3 is 1.18 bits per heavy atom. The van der Waals surface area contributed by atoms with Crippen LogP contribution >= 0.6 is 31.9 Å². The molecule has 0 radical (unpaired) electrons. The molecule has 0 spiro atoms. The molecule has 0 aliphatic carbocycles. The average Bonchev–Trinajstić information content (AvgIpc) is 2.97. The van der Waals surface area contributed by atoms with Crippen molar-refractivity contribution in [3.8, 4) is 22.3 Å². The maximum atomic E-state index is 3.94. The van der Waals surface area contributed by atoms with Gasteiger partial charge < -0.3 is 0 Å². The van der Waals surface area contributed by atoms with E-state index in [1.165, 1.54) is 76.1 Å². The molecule has 0 N–H and O–H groups in total. The van der Waals surface area contributed by atoms with Gasteiger partial charge in [-0.25, -0.2) is 0 Å². The van der Waals surface area contributed by atoms with Crippen LogP contribution in [-0.4, -0.2) is 0 Å². The highest BCUT2D eigenvalue weighted by molar-refractivity contribution is 9.11. The first-order chi connectivity index (χ1) is 18.7. The molecule has 8 rings (SSSR count). The Bertz CT molecular complexity index is 2050. The summed E-state index contributed by atoms with van der Waals surface area (Å²) in [7, 11) is 0. The van der Waals surface area contributed by atoms with Crippen molar-refractivity contribution in [3.05, 3.63) is 130 Å². The van der Waals surface area contributed by atoms with Gasteiger partial charge in [0.15, 0.2) is 0 Å². The van der Waals surface area contributed by atoms with E-state index in [1.54, 1.807) is 0 Å². The first-order valence-corrected chi connectivity index (χ1v) is 14.3. The van der Waals surface area contributed by atoms with Crippen molar-refractivity contribution >= 4 is 85.7 Å². The van der Waals surface area contributed by atoms with Crippen LogP contribution in [0, 0.1) is 0 Å². The number of rotatable bonds is 2. The Labute approximate surface area is 237 Å². The van der Waals surface area contributed by atoms with Crippen molar-refractivity contribution < 1.29 is 0 Å². The fraction of sp³-hybridized carbons (Fsp3) is 0. The Kier molecular flexibility index (Phi) is 4.92. The number of fused-ring (bicyclic) bond motifs is 2. The van der Waals surface area contributed by atoms with Gasteiger partial charge in [0.1, 0.15) is 0 Å². The number of halogens is 2. The SMILES string of the molecule is Brc1cc(-c2ccc3ccccc3c2)c2ccc3c(Br)cc(-c4ccc5ccccc5c4)c4ccc1c2c34. The Hall–Kier alpha value is -3.72. The molecule has 2 heteroatoms. The molecule has 0 aromatic heterocycles. The monoisotopic (exact) mass is 610 g/mol. The molecule has 8 aromatic rings. The van der Waals surface area contributed by atoms with Crippen LogP contribution in [0.4, 0.5) is 0 Å². The van der Waals surface area contributed by atoms with Gasteiger partial charge in [-0.1, -0.05) is 129 Å². The van der Waals surface area contributed by atoms with E-state index in [-0.39, 0.29) is 0 Å². The predicted molar refractivity (Wildman–Crippen MR) is 171 cm³/mol. The molecule has 0 unspecified atom stereocenters. The van der Waals surface area contributed by atoms with Crippen molar-refractivity contribution in [3.63, 3.8) is 0 Å². The Morgan fingerprint density at radius 2 is 0.737 bits per heavy atom. The molecule has 0 fully saturated rings. The Balaban J connectivity index is 1.47. The van der Waals surface area contributed by atoms with Crippen LogP contribution in [0.3, 0.4) is 0 Å². The fourth-order valence-electron chi connectivity index (χ4n) is 6.10. The fourth-order valence-corrected chi connectivity index (χ4v) is 7.22. The molecular weight excluding hydrogens is 592 g/mol. The van der Waals surface area contributed by atoms with Crippen LogP contribution in [0.5, 0.6) is 0 Å². The smallest absolute Gasteiger partial charge is 0.0260 e. The van der Waals surface area contributed by atoms with Gasteiger partial charge in [0.05, 0.1) is 0 Å².